The summed E-state index contributed by atoms with van der Waals surface area (Å²) in [6, 6.07) is 19.5. The number of aryl methyl sites for hydroxylation is 2. The van der Waals surface area contributed by atoms with Crippen LogP contribution in [0.5, 0.6) is 5.75 Å². The van der Waals surface area contributed by atoms with Gasteiger partial charge in [-0.2, -0.15) is 0 Å². The Bertz CT molecular complexity index is 1350. The van der Waals surface area contributed by atoms with Crippen LogP contribution in [0.1, 0.15) is 33.4 Å². The fourth-order valence-corrected chi connectivity index (χ4v) is 5.30. The molecule has 0 saturated heterocycles. The highest BCUT2D eigenvalue weighted by atomic mass is 16.3. The molecule has 210 valence electrons. The average Bonchev–Trinajstić information content (AvgIpc) is 2.93. The number of carbonyl (C=O) groups is 3. The van der Waals surface area contributed by atoms with Gasteiger partial charge in [-0.15, -0.1) is 0 Å². The second kappa shape index (κ2) is 12.8. The third-order valence-corrected chi connectivity index (χ3v) is 7.58. The van der Waals surface area contributed by atoms with Crippen molar-refractivity contribution < 1.29 is 19.5 Å². The third kappa shape index (κ3) is 6.87. The van der Waals surface area contributed by atoms with E-state index < -0.39 is 12.1 Å². The number of nitrogens with one attached hydrogen (secondary N) is 2. The summed E-state index contributed by atoms with van der Waals surface area (Å²) in [6.45, 7) is 4.36. The predicted octanol–water partition coefficient (Wildman–Crippen LogP) is 2.87. The van der Waals surface area contributed by atoms with Crippen LogP contribution in [0.3, 0.4) is 0 Å². The fraction of sp³-hybridized carbons (Fsp3) is 0.344. The molecule has 0 fully saturated rings. The van der Waals surface area contributed by atoms with Gasteiger partial charge in [0.05, 0.1) is 12.6 Å². The Morgan fingerprint density at radius 2 is 1.57 bits per heavy atom. The Morgan fingerprint density at radius 3 is 2.23 bits per heavy atom. The van der Waals surface area contributed by atoms with Gasteiger partial charge in [0.15, 0.2) is 0 Å². The molecule has 0 spiro atoms. The molecule has 0 aromatic heterocycles. The summed E-state index contributed by atoms with van der Waals surface area (Å²) in [7, 11) is 3.72. The lowest BCUT2D eigenvalue weighted by atomic mass is 9.91. The highest BCUT2D eigenvalue weighted by Gasteiger charge is 2.38. The van der Waals surface area contributed by atoms with E-state index in [9.17, 15) is 19.5 Å². The van der Waals surface area contributed by atoms with Crippen LogP contribution in [0.4, 0.5) is 0 Å². The topological polar surface area (TPSA) is 102 Å². The third-order valence-electron chi connectivity index (χ3n) is 7.58. The van der Waals surface area contributed by atoms with Gasteiger partial charge < -0.3 is 20.6 Å². The summed E-state index contributed by atoms with van der Waals surface area (Å²) in [6.07, 6.45) is 0.814. The fourth-order valence-electron chi connectivity index (χ4n) is 5.30. The molecule has 3 amide bonds. The molecule has 0 unspecified atom stereocenters. The second-order valence-corrected chi connectivity index (χ2v) is 10.7. The van der Waals surface area contributed by atoms with Crippen LogP contribution >= 0.6 is 0 Å². The summed E-state index contributed by atoms with van der Waals surface area (Å²) in [4.78, 5) is 43.6. The van der Waals surface area contributed by atoms with Crippen LogP contribution in [-0.4, -0.2) is 65.4 Å². The monoisotopic (exact) mass is 542 g/mol. The van der Waals surface area contributed by atoms with E-state index in [1.807, 2.05) is 87.4 Å². The van der Waals surface area contributed by atoms with E-state index >= 15 is 0 Å². The van der Waals surface area contributed by atoms with Gasteiger partial charge in [0, 0.05) is 19.5 Å². The molecule has 3 aromatic rings. The number of aromatic hydroxyl groups is 1. The first kappa shape index (κ1) is 28.8. The summed E-state index contributed by atoms with van der Waals surface area (Å²) in [5.74, 6) is -0.605. The first-order valence-corrected chi connectivity index (χ1v) is 13.5. The van der Waals surface area contributed by atoms with Crippen molar-refractivity contribution in [1.82, 2.24) is 20.4 Å². The standard InChI is InChI=1S/C32H38N4O4/c1-21-14-26(37)15-22(2)27(21)17-29(35(3)4)32(40)36-20-25-13-9-8-12-24(25)16-28(36)31(39)34-19-30(38)33-18-23-10-6-5-7-11-23/h5-15,28-29,37H,16-20H2,1-4H3,(H,33,38)(H,34,39)/t28-,29-/m0/s1. The lowest BCUT2D eigenvalue weighted by Gasteiger charge is -2.39. The first-order chi connectivity index (χ1) is 19.1. The quantitative estimate of drug-likeness (QED) is 0.386. The molecule has 3 N–H and O–H groups in total. The molecule has 40 heavy (non-hydrogen) atoms. The summed E-state index contributed by atoms with van der Waals surface area (Å²) < 4.78 is 0. The van der Waals surface area contributed by atoms with Crippen LogP contribution < -0.4 is 10.6 Å². The Morgan fingerprint density at radius 1 is 0.950 bits per heavy atom. The van der Waals surface area contributed by atoms with E-state index in [1.165, 1.54) is 0 Å². The molecule has 1 heterocycles. The number of fused-ring (bicyclic) bond motifs is 1. The van der Waals surface area contributed by atoms with Crippen molar-refractivity contribution >= 4 is 17.7 Å². The molecule has 8 heteroatoms. The minimum Gasteiger partial charge on any atom is -0.508 e. The Kier molecular flexibility index (Phi) is 9.22. The van der Waals surface area contributed by atoms with Crippen LogP contribution in [0.25, 0.3) is 0 Å². The molecular formula is C32H38N4O4. The number of phenols is 1. The summed E-state index contributed by atoms with van der Waals surface area (Å²) in [5, 5.41) is 15.6. The number of nitrogens with zero attached hydrogens (tertiary/aromatic N) is 2. The van der Waals surface area contributed by atoms with Crippen molar-refractivity contribution in [1.29, 1.82) is 0 Å². The minimum atomic E-state index is -0.742. The van der Waals surface area contributed by atoms with Gasteiger partial charge in [-0.3, -0.25) is 19.3 Å². The van der Waals surface area contributed by atoms with Gasteiger partial charge in [-0.25, -0.2) is 0 Å². The number of amides is 3. The molecule has 1 aliphatic heterocycles. The number of benzene rings is 3. The number of phenolic OH excluding ortho intramolecular Hbond substituents is 1. The average molecular weight is 543 g/mol. The Balaban J connectivity index is 1.51. The maximum absolute atomic E-state index is 14.1. The van der Waals surface area contributed by atoms with E-state index in [-0.39, 0.29) is 30.0 Å². The van der Waals surface area contributed by atoms with Gasteiger partial charge >= 0.3 is 0 Å². The van der Waals surface area contributed by atoms with Crippen LogP contribution in [0, 0.1) is 13.8 Å². The number of carbonyl (C=O) groups excluding carboxylic acids is 3. The first-order valence-electron chi connectivity index (χ1n) is 13.5. The van der Waals surface area contributed by atoms with Crippen LogP contribution in [0.2, 0.25) is 0 Å². The second-order valence-electron chi connectivity index (χ2n) is 10.7. The van der Waals surface area contributed by atoms with E-state index in [1.54, 1.807) is 17.0 Å². The molecule has 2 atom stereocenters. The lowest BCUT2D eigenvalue weighted by molar-refractivity contribution is -0.145. The molecule has 8 nitrogen and oxygen atoms in total. The zero-order valence-electron chi connectivity index (χ0n) is 23.6. The lowest BCUT2D eigenvalue weighted by Crippen LogP contribution is -2.58. The van der Waals surface area contributed by atoms with Crippen LogP contribution in [-0.2, 0) is 40.3 Å². The van der Waals surface area contributed by atoms with E-state index in [0.717, 1.165) is 33.4 Å². The van der Waals surface area contributed by atoms with Crippen molar-refractivity contribution in [3.05, 3.63) is 100 Å². The largest absolute Gasteiger partial charge is 0.508 e. The highest BCUT2D eigenvalue weighted by molar-refractivity contribution is 5.92. The number of likely N-dealkylation sites (N-methyl/N-ethyl adjacent to an activating group) is 1. The van der Waals surface area contributed by atoms with Gasteiger partial charge in [0.2, 0.25) is 17.7 Å². The molecule has 0 bridgehead atoms. The van der Waals surface area contributed by atoms with Crippen LogP contribution in [0.15, 0.2) is 66.7 Å². The van der Waals surface area contributed by atoms with Crippen molar-refractivity contribution in [2.24, 2.45) is 0 Å². The van der Waals surface area contributed by atoms with Crippen molar-refractivity contribution in [3.8, 4) is 5.75 Å². The summed E-state index contributed by atoms with van der Waals surface area (Å²) in [5.41, 5.74) is 5.82. The maximum Gasteiger partial charge on any atom is 0.243 e. The highest BCUT2D eigenvalue weighted by Crippen LogP contribution is 2.27. The normalized spacial score (nSPS) is 15.3. The number of rotatable bonds is 9. The zero-order chi connectivity index (χ0) is 28.8. The number of hydrogen-bond acceptors (Lipinski definition) is 5. The van der Waals surface area contributed by atoms with Crippen molar-refractivity contribution in [2.75, 3.05) is 20.6 Å². The van der Waals surface area contributed by atoms with E-state index in [2.05, 4.69) is 10.6 Å². The van der Waals surface area contributed by atoms with Gasteiger partial charge in [0.25, 0.3) is 0 Å². The zero-order valence-corrected chi connectivity index (χ0v) is 23.6. The van der Waals surface area contributed by atoms with Gasteiger partial charge in [0.1, 0.15) is 11.8 Å². The number of hydrogen-bond donors (Lipinski definition) is 3. The van der Waals surface area contributed by atoms with Crippen molar-refractivity contribution in [2.45, 2.75) is 51.9 Å². The SMILES string of the molecule is Cc1cc(O)cc(C)c1C[C@@H](C(=O)N1Cc2ccccc2C[C@H]1C(=O)NCC(=O)NCc1ccccc1)N(C)C. The molecule has 3 aromatic carbocycles. The molecular weight excluding hydrogens is 504 g/mol. The maximum atomic E-state index is 14.1. The Hall–Kier alpha value is -4.17. The van der Waals surface area contributed by atoms with Crippen molar-refractivity contribution in [3.63, 3.8) is 0 Å². The van der Waals surface area contributed by atoms with E-state index in [4.69, 9.17) is 0 Å². The minimum absolute atomic E-state index is 0.153. The molecule has 4 rings (SSSR count). The van der Waals surface area contributed by atoms with Gasteiger partial charge in [-0.05, 0) is 79.9 Å². The van der Waals surface area contributed by atoms with Gasteiger partial charge in [-0.1, -0.05) is 54.6 Å². The van der Waals surface area contributed by atoms with E-state index in [0.29, 0.717) is 25.9 Å². The molecule has 0 radical (unpaired) electrons. The molecule has 1 aliphatic rings. The smallest absolute Gasteiger partial charge is 0.243 e. The summed E-state index contributed by atoms with van der Waals surface area (Å²) >= 11 is 0. The molecule has 0 aliphatic carbocycles. The molecule has 0 saturated carbocycles. The Labute approximate surface area is 236 Å². The predicted molar refractivity (Wildman–Crippen MR) is 155 cm³/mol.